The molecule has 0 saturated heterocycles. The molecule has 0 bridgehead atoms. The van der Waals surface area contributed by atoms with Crippen LogP contribution in [-0.2, 0) is 0 Å². The zero-order chi connectivity index (χ0) is 6.95. The first-order chi connectivity index (χ1) is 4.41. The fourth-order valence-corrected chi connectivity index (χ4v) is 0.342. The molecule has 0 spiro atoms. The van der Waals surface area contributed by atoms with Crippen LogP contribution in [0.2, 0.25) is 0 Å². The van der Waals surface area contributed by atoms with Crippen LogP contribution >= 0.6 is 0 Å². The Bertz CT molecular complexity index is 144. The van der Waals surface area contributed by atoms with E-state index in [0.29, 0.717) is 0 Å². The molecule has 0 aliphatic rings. The molecule has 0 heterocycles. The van der Waals surface area contributed by atoms with Gasteiger partial charge in [-0.1, -0.05) is 0 Å². The number of hydrogen-bond acceptors (Lipinski definition) is 2. The van der Waals surface area contributed by atoms with E-state index in [1.807, 2.05) is 30.3 Å². The Morgan fingerprint density at radius 2 is 1.60 bits per heavy atom. The van der Waals surface area contributed by atoms with Gasteiger partial charge >= 0.3 is 29.6 Å². The summed E-state index contributed by atoms with van der Waals surface area (Å²) in [5.74, 6) is 0. The van der Waals surface area contributed by atoms with E-state index in [-0.39, 0.29) is 29.6 Å². The Hall–Kier alpha value is -0.490. The Morgan fingerprint density at radius 1 is 1.20 bits per heavy atom. The molecular formula is C7H6NNaO. The average molecular weight is 143 g/mol. The van der Waals surface area contributed by atoms with Gasteiger partial charge in [0.15, 0.2) is 0 Å². The number of benzene rings is 1. The number of nitrogens with zero attached hydrogens (tertiary/aromatic N) is 1. The summed E-state index contributed by atoms with van der Waals surface area (Å²) in [6.07, 6.45) is 0.750. The van der Waals surface area contributed by atoms with Crippen LogP contribution in [0.3, 0.4) is 0 Å². The third-order valence-corrected chi connectivity index (χ3v) is 0.607. The number of hydrogen-bond donors (Lipinski definition) is 1. The molecule has 0 aliphatic carbocycles. The van der Waals surface area contributed by atoms with Crippen LogP contribution in [0.25, 0.3) is 0 Å². The fourth-order valence-electron chi connectivity index (χ4n) is 0.342. The Labute approximate surface area is 82.4 Å². The standard InChI is InChI=1S/C6H5.CHNO.Na/c1-2-4-6-5-3-1;2-1-3;/h1-5H;3H;/q-1;;+1. The maximum absolute atomic E-state index is 6.88. The zero-order valence-electron chi connectivity index (χ0n) is 5.78. The van der Waals surface area contributed by atoms with Crippen molar-refractivity contribution in [3.8, 4) is 6.26 Å². The van der Waals surface area contributed by atoms with Gasteiger partial charge in [0.05, 0.1) is 0 Å². The number of nitriles is 1. The minimum atomic E-state index is 0. The van der Waals surface area contributed by atoms with Crippen LogP contribution in [0, 0.1) is 17.6 Å². The first-order valence-electron chi connectivity index (χ1n) is 2.36. The molecule has 10 heavy (non-hydrogen) atoms. The molecule has 0 amide bonds. The van der Waals surface area contributed by atoms with Gasteiger partial charge in [-0.25, -0.2) is 0 Å². The van der Waals surface area contributed by atoms with Gasteiger partial charge in [-0.3, -0.25) is 0 Å². The van der Waals surface area contributed by atoms with E-state index in [1.165, 1.54) is 0 Å². The summed E-state index contributed by atoms with van der Waals surface area (Å²) < 4.78 is 0. The van der Waals surface area contributed by atoms with Crippen molar-refractivity contribution in [1.82, 2.24) is 0 Å². The monoisotopic (exact) mass is 143 g/mol. The van der Waals surface area contributed by atoms with Crippen molar-refractivity contribution in [3.05, 3.63) is 36.4 Å². The maximum atomic E-state index is 6.88. The molecule has 3 heteroatoms. The molecule has 0 radical (unpaired) electrons. The smallest absolute Gasteiger partial charge is 0.443 e. The van der Waals surface area contributed by atoms with E-state index in [9.17, 15) is 0 Å². The summed E-state index contributed by atoms with van der Waals surface area (Å²) in [5.41, 5.74) is 0. The van der Waals surface area contributed by atoms with Crippen molar-refractivity contribution >= 4 is 0 Å². The van der Waals surface area contributed by atoms with E-state index in [0.717, 1.165) is 6.26 Å². The molecule has 0 fully saturated rings. The van der Waals surface area contributed by atoms with Gasteiger partial charge in [-0.05, 0) is 0 Å². The van der Waals surface area contributed by atoms with Gasteiger partial charge in [0.25, 0.3) is 6.26 Å². The van der Waals surface area contributed by atoms with E-state index >= 15 is 0 Å². The van der Waals surface area contributed by atoms with Crippen molar-refractivity contribution in [2.75, 3.05) is 0 Å². The summed E-state index contributed by atoms with van der Waals surface area (Å²) in [5, 5.41) is 13.8. The zero-order valence-corrected chi connectivity index (χ0v) is 7.78. The largest absolute Gasteiger partial charge is 1.00 e. The molecule has 0 saturated carbocycles. The first-order valence-corrected chi connectivity index (χ1v) is 2.36. The van der Waals surface area contributed by atoms with Gasteiger partial charge in [-0.15, -0.1) is 0 Å². The van der Waals surface area contributed by atoms with Crippen molar-refractivity contribution in [2.45, 2.75) is 0 Å². The van der Waals surface area contributed by atoms with Gasteiger partial charge < -0.3 is 5.11 Å². The molecule has 0 aromatic heterocycles. The van der Waals surface area contributed by atoms with Crippen LogP contribution in [0.15, 0.2) is 30.3 Å². The average Bonchev–Trinajstić information content (AvgIpc) is 1.93. The summed E-state index contributed by atoms with van der Waals surface area (Å²) in [6, 6.07) is 12.5. The number of aliphatic hydroxyl groups excluding tert-OH is 1. The minimum absolute atomic E-state index is 0. The normalized spacial score (nSPS) is 5.50. The number of rotatable bonds is 0. The van der Waals surface area contributed by atoms with E-state index in [4.69, 9.17) is 10.4 Å². The van der Waals surface area contributed by atoms with E-state index in [1.54, 1.807) is 0 Å². The molecular weight excluding hydrogens is 137 g/mol. The molecule has 1 aromatic carbocycles. The minimum Gasteiger partial charge on any atom is -0.443 e. The molecule has 1 N–H and O–H groups in total. The second-order valence-electron chi connectivity index (χ2n) is 1.18. The van der Waals surface area contributed by atoms with Crippen molar-refractivity contribution in [1.29, 1.82) is 5.26 Å². The van der Waals surface area contributed by atoms with Crippen molar-refractivity contribution in [3.63, 3.8) is 0 Å². The summed E-state index contributed by atoms with van der Waals surface area (Å²) in [4.78, 5) is 0. The Balaban J connectivity index is 0. The molecule has 2 nitrogen and oxygen atoms in total. The number of aliphatic hydroxyl groups is 1. The topological polar surface area (TPSA) is 44.0 Å². The second-order valence-corrected chi connectivity index (χ2v) is 1.18. The van der Waals surface area contributed by atoms with Crippen LogP contribution in [0.4, 0.5) is 0 Å². The third-order valence-electron chi connectivity index (χ3n) is 0.607. The fraction of sp³-hybridized carbons (Fsp3) is 0. The van der Waals surface area contributed by atoms with Crippen LogP contribution in [0.5, 0.6) is 0 Å². The maximum Gasteiger partial charge on any atom is 1.00 e. The first kappa shape index (κ1) is 12.2. The summed E-state index contributed by atoms with van der Waals surface area (Å²) >= 11 is 0. The van der Waals surface area contributed by atoms with Crippen LogP contribution in [0.1, 0.15) is 0 Å². The van der Waals surface area contributed by atoms with E-state index < -0.39 is 0 Å². The molecule has 0 aliphatic heterocycles. The van der Waals surface area contributed by atoms with Crippen LogP contribution in [-0.4, -0.2) is 5.11 Å². The molecule has 0 unspecified atom stereocenters. The Kier molecular flexibility index (Phi) is 13.8. The van der Waals surface area contributed by atoms with Gasteiger partial charge in [0.1, 0.15) is 0 Å². The molecule has 0 atom stereocenters. The summed E-state index contributed by atoms with van der Waals surface area (Å²) in [6.45, 7) is 0. The summed E-state index contributed by atoms with van der Waals surface area (Å²) in [7, 11) is 0. The third kappa shape index (κ3) is 10.5. The van der Waals surface area contributed by atoms with Gasteiger partial charge in [-0.2, -0.15) is 41.7 Å². The Morgan fingerprint density at radius 3 is 1.70 bits per heavy atom. The van der Waals surface area contributed by atoms with Crippen LogP contribution < -0.4 is 29.6 Å². The van der Waals surface area contributed by atoms with Crippen molar-refractivity contribution in [2.24, 2.45) is 0 Å². The van der Waals surface area contributed by atoms with E-state index in [2.05, 4.69) is 6.07 Å². The second kappa shape index (κ2) is 11.3. The molecule has 1 rings (SSSR count). The SMILES string of the molecule is N#CO.[Na+].[c-]1ccccc1. The predicted octanol–water partition coefficient (Wildman–Crippen LogP) is -1.67. The van der Waals surface area contributed by atoms with Gasteiger partial charge in [0, 0.05) is 0 Å². The molecule has 46 valence electrons. The quantitative estimate of drug-likeness (QED) is 0.268. The predicted molar refractivity (Wildman–Crippen MR) is 32.8 cm³/mol. The van der Waals surface area contributed by atoms with Crippen molar-refractivity contribution < 1.29 is 34.7 Å². The molecule has 1 aromatic rings. The van der Waals surface area contributed by atoms with Gasteiger partial charge in [0.2, 0.25) is 0 Å².